The smallest absolute Gasteiger partial charge is 0.407 e. The highest BCUT2D eigenvalue weighted by Crippen LogP contribution is 2.44. The van der Waals surface area contributed by atoms with Crippen LogP contribution in [0.1, 0.15) is 37.8 Å². The Morgan fingerprint density at radius 3 is 2.09 bits per heavy atom. The van der Waals surface area contributed by atoms with Crippen LogP contribution in [0.4, 0.5) is 4.79 Å². The summed E-state index contributed by atoms with van der Waals surface area (Å²) in [5.41, 5.74) is 3.59. The summed E-state index contributed by atoms with van der Waals surface area (Å²) in [6.07, 6.45) is -0.652. The molecular weight excluding hydrogens is 408 g/mol. The van der Waals surface area contributed by atoms with Crippen LogP contribution in [0.15, 0.2) is 48.5 Å². The number of rotatable bonds is 6. The Morgan fingerprint density at radius 2 is 1.59 bits per heavy atom. The number of fused-ring (bicyclic) bond motifs is 3. The van der Waals surface area contributed by atoms with Gasteiger partial charge in [-0.1, -0.05) is 62.4 Å². The molecule has 2 aromatic carbocycles. The Morgan fingerprint density at radius 1 is 1.06 bits per heavy atom. The van der Waals surface area contributed by atoms with Gasteiger partial charge in [0, 0.05) is 19.0 Å². The number of carboxylic acids is 1. The maximum absolute atomic E-state index is 12.9. The molecule has 0 radical (unpaired) electrons. The van der Waals surface area contributed by atoms with Gasteiger partial charge in [0.25, 0.3) is 0 Å². The number of aliphatic carboxylic acids is 1. The van der Waals surface area contributed by atoms with Gasteiger partial charge in [-0.2, -0.15) is 0 Å². The molecule has 1 unspecified atom stereocenters. The lowest BCUT2D eigenvalue weighted by molar-refractivity contribution is -0.165. The van der Waals surface area contributed by atoms with Gasteiger partial charge in [-0.3, -0.25) is 9.59 Å². The number of ether oxygens (including phenoxy) is 1. The van der Waals surface area contributed by atoms with Crippen LogP contribution in [0.25, 0.3) is 11.1 Å². The van der Waals surface area contributed by atoms with E-state index in [9.17, 15) is 19.5 Å². The van der Waals surface area contributed by atoms with Crippen molar-refractivity contribution in [1.29, 1.82) is 0 Å². The van der Waals surface area contributed by atoms with E-state index in [0.29, 0.717) is 0 Å². The maximum atomic E-state index is 12.9. The first-order valence-electron chi connectivity index (χ1n) is 10.8. The zero-order valence-corrected chi connectivity index (χ0v) is 18.5. The molecule has 2 aromatic rings. The van der Waals surface area contributed by atoms with Crippen molar-refractivity contribution < 1.29 is 24.2 Å². The van der Waals surface area contributed by atoms with E-state index < -0.39 is 23.5 Å². The summed E-state index contributed by atoms with van der Waals surface area (Å²) in [7, 11) is 0. The van der Waals surface area contributed by atoms with Gasteiger partial charge < -0.3 is 20.1 Å². The van der Waals surface area contributed by atoms with Crippen LogP contribution in [-0.2, 0) is 14.3 Å². The van der Waals surface area contributed by atoms with Gasteiger partial charge in [-0.15, -0.1) is 0 Å². The van der Waals surface area contributed by atoms with Gasteiger partial charge in [0.2, 0.25) is 5.91 Å². The molecule has 32 heavy (non-hydrogen) atoms. The highest BCUT2D eigenvalue weighted by Gasteiger charge is 2.49. The van der Waals surface area contributed by atoms with Crippen molar-refractivity contribution >= 4 is 18.0 Å². The molecule has 0 saturated carbocycles. The standard InChI is InChI=1S/C25H28N2O5/c1-15(2)21(22(28)27-13-25(3,14-27)23(29)30)26-24(31)32-12-20-18-10-6-4-8-16(18)17-9-5-7-11-19(17)20/h4-11,15,20-21H,12-14H2,1-3H3,(H,26,31)(H,29,30). The second kappa shape index (κ2) is 8.30. The number of amides is 2. The van der Waals surface area contributed by atoms with E-state index in [2.05, 4.69) is 17.4 Å². The fourth-order valence-corrected chi connectivity index (χ4v) is 4.56. The van der Waals surface area contributed by atoms with Crippen molar-refractivity contribution in [1.82, 2.24) is 10.2 Å². The van der Waals surface area contributed by atoms with Crippen LogP contribution in [0.2, 0.25) is 0 Å². The van der Waals surface area contributed by atoms with Crippen LogP contribution in [0, 0.1) is 11.3 Å². The average molecular weight is 437 g/mol. The molecule has 168 valence electrons. The summed E-state index contributed by atoms with van der Waals surface area (Å²) in [6, 6.07) is 15.4. The first-order chi connectivity index (χ1) is 15.2. The van der Waals surface area contributed by atoms with Crippen molar-refractivity contribution in [2.24, 2.45) is 11.3 Å². The van der Waals surface area contributed by atoms with Gasteiger partial charge in [0.15, 0.2) is 0 Å². The second-order valence-corrected chi connectivity index (χ2v) is 9.25. The zero-order chi connectivity index (χ0) is 23.0. The number of carbonyl (C=O) groups is 3. The van der Waals surface area contributed by atoms with Crippen molar-refractivity contribution in [3.05, 3.63) is 59.7 Å². The number of carbonyl (C=O) groups excluding carboxylic acids is 2. The van der Waals surface area contributed by atoms with Crippen LogP contribution in [0.3, 0.4) is 0 Å². The van der Waals surface area contributed by atoms with E-state index in [0.717, 1.165) is 22.3 Å². The summed E-state index contributed by atoms with van der Waals surface area (Å²) in [5, 5.41) is 12.0. The first kappa shape index (κ1) is 21.9. The van der Waals surface area contributed by atoms with Gasteiger partial charge in [-0.25, -0.2) is 4.79 Å². The molecule has 0 bridgehead atoms. The zero-order valence-electron chi connectivity index (χ0n) is 18.5. The molecule has 1 saturated heterocycles. The maximum Gasteiger partial charge on any atom is 0.407 e. The highest BCUT2D eigenvalue weighted by atomic mass is 16.5. The molecule has 4 rings (SSSR count). The third kappa shape index (κ3) is 3.83. The van der Waals surface area contributed by atoms with Gasteiger partial charge in [0.05, 0.1) is 5.41 Å². The molecule has 7 nitrogen and oxygen atoms in total. The lowest BCUT2D eigenvalue weighted by atomic mass is 9.81. The fraction of sp³-hybridized carbons (Fsp3) is 0.400. The minimum absolute atomic E-state index is 0.0620. The number of hydrogen-bond donors (Lipinski definition) is 2. The van der Waals surface area contributed by atoms with E-state index >= 15 is 0 Å². The number of hydrogen-bond acceptors (Lipinski definition) is 4. The Bertz CT molecular complexity index is 1010. The average Bonchev–Trinajstić information content (AvgIpc) is 3.07. The molecule has 1 atom stereocenters. The van der Waals surface area contributed by atoms with Gasteiger partial charge >= 0.3 is 12.1 Å². The molecule has 2 N–H and O–H groups in total. The summed E-state index contributed by atoms with van der Waals surface area (Å²) < 4.78 is 5.57. The van der Waals surface area contributed by atoms with Gasteiger partial charge in [-0.05, 0) is 35.1 Å². The van der Waals surface area contributed by atoms with Crippen molar-refractivity contribution in [3.63, 3.8) is 0 Å². The minimum atomic E-state index is -0.930. The molecule has 1 aliphatic heterocycles. The number of nitrogens with one attached hydrogen (secondary N) is 1. The van der Waals surface area contributed by atoms with E-state index in [1.54, 1.807) is 6.92 Å². The SMILES string of the molecule is CC(C)C(NC(=O)OCC1c2ccccc2-c2ccccc21)C(=O)N1CC(C)(C(=O)O)C1. The number of alkyl carbamates (subject to hydrolysis) is 1. The molecule has 0 aromatic heterocycles. The van der Waals surface area contributed by atoms with Crippen LogP contribution >= 0.6 is 0 Å². The monoisotopic (exact) mass is 436 g/mol. The Hall–Kier alpha value is -3.35. The Balaban J connectivity index is 1.40. The first-order valence-corrected chi connectivity index (χ1v) is 10.8. The molecule has 1 fully saturated rings. The molecular formula is C25H28N2O5. The quantitative estimate of drug-likeness (QED) is 0.723. The summed E-state index contributed by atoms with van der Waals surface area (Å²) in [4.78, 5) is 38.3. The van der Waals surface area contributed by atoms with Gasteiger partial charge in [0.1, 0.15) is 12.6 Å². The third-order valence-corrected chi connectivity index (χ3v) is 6.46. The molecule has 1 aliphatic carbocycles. The van der Waals surface area contributed by atoms with Crippen molar-refractivity contribution in [3.8, 4) is 11.1 Å². The summed E-state index contributed by atoms with van der Waals surface area (Å²) in [6.45, 7) is 5.72. The minimum Gasteiger partial charge on any atom is -0.481 e. The third-order valence-electron chi connectivity index (χ3n) is 6.46. The van der Waals surface area contributed by atoms with E-state index in [1.807, 2.05) is 50.2 Å². The van der Waals surface area contributed by atoms with E-state index in [4.69, 9.17) is 4.74 Å². The number of benzene rings is 2. The van der Waals surface area contributed by atoms with Crippen molar-refractivity contribution in [2.75, 3.05) is 19.7 Å². The Kier molecular flexibility index (Phi) is 5.67. The van der Waals surface area contributed by atoms with Crippen LogP contribution in [-0.4, -0.2) is 53.7 Å². The fourth-order valence-electron chi connectivity index (χ4n) is 4.56. The Labute approximate surface area is 187 Å². The predicted molar refractivity (Wildman–Crippen MR) is 119 cm³/mol. The van der Waals surface area contributed by atoms with Crippen LogP contribution < -0.4 is 5.32 Å². The lowest BCUT2D eigenvalue weighted by Crippen LogP contribution is -2.64. The predicted octanol–water partition coefficient (Wildman–Crippen LogP) is 3.48. The summed E-state index contributed by atoms with van der Waals surface area (Å²) in [5.74, 6) is -1.44. The second-order valence-electron chi connectivity index (χ2n) is 9.25. The summed E-state index contributed by atoms with van der Waals surface area (Å²) >= 11 is 0. The normalized spacial score (nSPS) is 17.2. The molecule has 2 aliphatic rings. The lowest BCUT2D eigenvalue weighted by Gasteiger charge is -2.46. The highest BCUT2D eigenvalue weighted by molar-refractivity contribution is 5.89. The topological polar surface area (TPSA) is 95.9 Å². The molecule has 1 heterocycles. The largest absolute Gasteiger partial charge is 0.481 e. The number of nitrogens with zero attached hydrogens (tertiary/aromatic N) is 1. The van der Waals surface area contributed by atoms with E-state index in [1.165, 1.54) is 4.90 Å². The van der Waals surface area contributed by atoms with Crippen LogP contribution in [0.5, 0.6) is 0 Å². The van der Waals surface area contributed by atoms with E-state index in [-0.39, 0.29) is 37.4 Å². The molecule has 2 amide bonds. The molecule has 7 heteroatoms. The number of likely N-dealkylation sites (tertiary alicyclic amines) is 1. The number of carboxylic acid groups (broad SMARTS) is 1. The van der Waals surface area contributed by atoms with Crippen molar-refractivity contribution in [2.45, 2.75) is 32.7 Å². The molecule has 0 spiro atoms.